The van der Waals surface area contributed by atoms with Gasteiger partial charge in [0.2, 0.25) is 0 Å². The summed E-state index contributed by atoms with van der Waals surface area (Å²) in [5.74, 6) is 0.121. The van der Waals surface area contributed by atoms with Gasteiger partial charge in [0.05, 0.1) is 0 Å². The summed E-state index contributed by atoms with van der Waals surface area (Å²) in [5, 5.41) is 9.21. The summed E-state index contributed by atoms with van der Waals surface area (Å²) in [6.45, 7) is 10.7. The Labute approximate surface area is 311 Å². The molecule has 0 spiro atoms. The van der Waals surface area contributed by atoms with Crippen LogP contribution in [0.5, 0.6) is 0 Å². The molecule has 0 aliphatic carbocycles. The van der Waals surface area contributed by atoms with Crippen LogP contribution in [0, 0.1) is 12.3 Å². The Morgan fingerprint density at radius 1 is 0.585 bits per heavy atom. The third-order valence-corrected chi connectivity index (χ3v) is 9.03. The SMILES string of the molecule is C=Cc1cc2oc3c(-c4cccc(-c5cccc(-c6cccc(C)c6)c5)c4)cccc3c2cc1C=C.N=C(N)c1ccccc1.NCc1ccccc1. The largest absolute Gasteiger partial charge is 0.455 e. The molecule has 260 valence electrons. The molecule has 0 amide bonds. The van der Waals surface area contributed by atoms with Crippen LogP contribution in [0.15, 0.2) is 181 Å². The summed E-state index contributed by atoms with van der Waals surface area (Å²) < 4.78 is 6.43. The zero-order valence-corrected chi connectivity index (χ0v) is 29.9. The van der Waals surface area contributed by atoms with Gasteiger partial charge in [-0.15, -0.1) is 0 Å². The lowest BCUT2D eigenvalue weighted by atomic mass is 9.95. The number of benzene rings is 7. The fourth-order valence-electron chi connectivity index (χ4n) is 6.26. The third kappa shape index (κ3) is 8.59. The standard InChI is InChI=1S/C35H26O.C7H8N2.C7H9N/c1-4-24-21-33-32-17-9-16-31(35(32)36-34(33)22-25(24)5-2)30-15-8-14-29(20-30)28-13-7-12-27(19-28)26-11-6-10-23(3)18-26;8-7(9)6-4-2-1-3-5-6;8-6-7-4-2-1-3-5-7/h4-22H,1-2H2,3H3;1-5H,(H3,8,9);1-5H,6,8H2. The molecule has 0 atom stereocenters. The lowest BCUT2D eigenvalue weighted by Gasteiger charge is -2.09. The van der Waals surface area contributed by atoms with E-state index in [2.05, 4.69) is 123 Å². The van der Waals surface area contributed by atoms with Crippen molar-refractivity contribution in [1.29, 1.82) is 5.41 Å². The molecule has 0 saturated heterocycles. The van der Waals surface area contributed by atoms with Crippen molar-refractivity contribution in [2.24, 2.45) is 11.5 Å². The molecular weight excluding hydrogens is 647 g/mol. The minimum atomic E-state index is 0.121. The molecule has 8 aromatic rings. The predicted octanol–water partition coefficient (Wildman–Crippen LogP) is 12.3. The second kappa shape index (κ2) is 17.0. The number of hydrogen-bond acceptors (Lipinski definition) is 3. The van der Waals surface area contributed by atoms with Crippen LogP contribution in [0.4, 0.5) is 0 Å². The van der Waals surface area contributed by atoms with Gasteiger partial charge in [0, 0.05) is 28.4 Å². The molecule has 0 bridgehead atoms. The van der Waals surface area contributed by atoms with E-state index in [-0.39, 0.29) is 5.84 Å². The van der Waals surface area contributed by atoms with Gasteiger partial charge in [-0.05, 0) is 75.7 Å². The molecule has 1 heterocycles. The van der Waals surface area contributed by atoms with Crippen molar-refractivity contribution in [2.45, 2.75) is 13.5 Å². The van der Waals surface area contributed by atoms with Crippen LogP contribution in [0.2, 0.25) is 0 Å². The highest BCUT2D eigenvalue weighted by molar-refractivity contribution is 6.10. The van der Waals surface area contributed by atoms with Crippen LogP contribution in [0.25, 0.3) is 67.5 Å². The molecule has 8 rings (SSSR count). The van der Waals surface area contributed by atoms with Gasteiger partial charge in [-0.25, -0.2) is 0 Å². The third-order valence-electron chi connectivity index (χ3n) is 9.03. The predicted molar refractivity (Wildman–Crippen MR) is 227 cm³/mol. The van der Waals surface area contributed by atoms with Crippen molar-refractivity contribution in [2.75, 3.05) is 0 Å². The summed E-state index contributed by atoms with van der Waals surface area (Å²) >= 11 is 0. The van der Waals surface area contributed by atoms with E-state index >= 15 is 0 Å². The minimum absolute atomic E-state index is 0.121. The molecule has 4 heteroatoms. The van der Waals surface area contributed by atoms with Gasteiger partial charge in [0.1, 0.15) is 17.0 Å². The molecular formula is C49H43N3O. The number of fused-ring (bicyclic) bond motifs is 3. The Balaban J connectivity index is 0.000000232. The fourth-order valence-corrected chi connectivity index (χ4v) is 6.26. The van der Waals surface area contributed by atoms with Crippen molar-refractivity contribution >= 4 is 39.9 Å². The smallest absolute Gasteiger partial charge is 0.143 e. The topological polar surface area (TPSA) is 89.0 Å². The summed E-state index contributed by atoms with van der Waals surface area (Å²) in [4.78, 5) is 0. The Morgan fingerprint density at radius 2 is 1.11 bits per heavy atom. The summed E-state index contributed by atoms with van der Waals surface area (Å²) in [7, 11) is 0. The van der Waals surface area contributed by atoms with E-state index in [0.29, 0.717) is 6.54 Å². The van der Waals surface area contributed by atoms with Gasteiger partial charge in [0.25, 0.3) is 0 Å². The number of furan rings is 1. The molecule has 0 radical (unpaired) electrons. The monoisotopic (exact) mass is 689 g/mol. The van der Waals surface area contributed by atoms with Crippen LogP contribution in [0.1, 0.15) is 27.8 Å². The van der Waals surface area contributed by atoms with Crippen LogP contribution in [-0.2, 0) is 6.54 Å². The molecule has 1 aromatic heterocycles. The number of nitrogen functional groups attached to an aromatic ring is 1. The van der Waals surface area contributed by atoms with Crippen LogP contribution in [-0.4, -0.2) is 5.84 Å². The number of nitrogens with two attached hydrogens (primary N) is 2. The highest BCUT2D eigenvalue weighted by atomic mass is 16.3. The average Bonchev–Trinajstić information content (AvgIpc) is 3.59. The Morgan fingerprint density at radius 3 is 1.66 bits per heavy atom. The van der Waals surface area contributed by atoms with Crippen LogP contribution < -0.4 is 11.5 Å². The Bertz CT molecular complexity index is 2510. The molecule has 0 unspecified atom stereocenters. The highest BCUT2D eigenvalue weighted by Crippen LogP contribution is 2.38. The second-order valence-electron chi connectivity index (χ2n) is 12.7. The van der Waals surface area contributed by atoms with Gasteiger partial charge in [0.15, 0.2) is 0 Å². The van der Waals surface area contributed by atoms with E-state index < -0.39 is 0 Å². The first-order chi connectivity index (χ1) is 25.9. The number of aryl methyl sites for hydroxylation is 1. The van der Waals surface area contributed by atoms with E-state index in [4.69, 9.17) is 21.3 Å². The van der Waals surface area contributed by atoms with Gasteiger partial charge >= 0.3 is 0 Å². The zero-order chi connectivity index (χ0) is 37.2. The number of para-hydroxylation sites is 1. The number of nitrogens with one attached hydrogen (secondary N) is 1. The minimum Gasteiger partial charge on any atom is -0.455 e. The molecule has 0 saturated carbocycles. The Kier molecular flexibility index (Phi) is 11.5. The number of rotatable bonds is 7. The lowest BCUT2D eigenvalue weighted by molar-refractivity contribution is 0.670. The van der Waals surface area contributed by atoms with Crippen LogP contribution in [0.3, 0.4) is 0 Å². The van der Waals surface area contributed by atoms with Crippen molar-refractivity contribution in [3.8, 4) is 33.4 Å². The fraction of sp³-hybridized carbons (Fsp3) is 0.0408. The maximum atomic E-state index is 7.01. The quantitative estimate of drug-likeness (QED) is 0.115. The summed E-state index contributed by atoms with van der Waals surface area (Å²) in [6.07, 6.45) is 3.71. The van der Waals surface area contributed by atoms with Crippen molar-refractivity contribution < 1.29 is 4.42 Å². The summed E-state index contributed by atoms with van der Waals surface area (Å²) in [5.41, 5.74) is 24.7. The van der Waals surface area contributed by atoms with Gasteiger partial charge < -0.3 is 15.9 Å². The first kappa shape index (κ1) is 36.1. The first-order valence-corrected chi connectivity index (χ1v) is 17.5. The second-order valence-corrected chi connectivity index (χ2v) is 12.7. The van der Waals surface area contributed by atoms with E-state index in [9.17, 15) is 0 Å². The highest BCUT2D eigenvalue weighted by Gasteiger charge is 2.14. The molecule has 0 aliphatic heterocycles. The lowest BCUT2D eigenvalue weighted by Crippen LogP contribution is -2.10. The normalized spacial score (nSPS) is 10.5. The molecule has 53 heavy (non-hydrogen) atoms. The molecule has 4 nitrogen and oxygen atoms in total. The van der Waals surface area contributed by atoms with Crippen molar-refractivity contribution in [1.82, 2.24) is 0 Å². The van der Waals surface area contributed by atoms with Crippen molar-refractivity contribution in [3.63, 3.8) is 0 Å². The zero-order valence-electron chi connectivity index (χ0n) is 29.9. The number of amidine groups is 1. The van der Waals surface area contributed by atoms with E-state index in [1.165, 1.54) is 33.4 Å². The van der Waals surface area contributed by atoms with Gasteiger partial charge in [-0.3, -0.25) is 5.41 Å². The molecule has 5 N–H and O–H groups in total. The van der Waals surface area contributed by atoms with E-state index in [1.807, 2.05) is 72.8 Å². The maximum Gasteiger partial charge on any atom is 0.143 e. The molecule has 7 aromatic carbocycles. The average molecular weight is 690 g/mol. The van der Waals surface area contributed by atoms with Gasteiger partial charge in [-0.2, -0.15) is 0 Å². The van der Waals surface area contributed by atoms with E-state index in [1.54, 1.807) is 0 Å². The van der Waals surface area contributed by atoms with Gasteiger partial charge in [-0.1, -0.05) is 170 Å². The maximum absolute atomic E-state index is 7.01. The summed E-state index contributed by atoms with van der Waals surface area (Å²) in [6, 6.07) is 55.9. The van der Waals surface area contributed by atoms with Crippen molar-refractivity contribution in [3.05, 3.63) is 205 Å². The van der Waals surface area contributed by atoms with E-state index in [0.717, 1.165) is 49.8 Å². The Hall–Kier alpha value is -6.75. The molecule has 0 fully saturated rings. The van der Waals surface area contributed by atoms with Crippen LogP contribution >= 0.6 is 0 Å². The molecule has 0 aliphatic rings. The first-order valence-electron chi connectivity index (χ1n) is 17.5. The number of hydrogen-bond donors (Lipinski definition) is 3.